The molecule has 0 fully saturated rings. The van der Waals surface area contributed by atoms with Crippen molar-refractivity contribution in [3.8, 4) is 5.75 Å². The number of hydrogen-bond donors (Lipinski definition) is 0. The van der Waals surface area contributed by atoms with Gasteiger partial charge >= 0.3 is 0 Å². The third kappa shape index (κ3) is 2.22. The number of methoxy groups -OCH3 is 1. The third-order valence-electron chi connectivity index (χ3n) is 3.05. The zero-order chi connectivity index (χ0) is 14.1. The molecular formula is C13H13ClN4O2. The number of fused-ring (bicyclic) bond motifs is 1. The Hall–Kier alpha value is -2.08. The van der Waals surface area contributed by atoms with Gasteiger partial charge < -0.3 is 13.8 Å². The fraction of sp³-hybridized carbons (Fsp3) is 0.308. The van der Waals surface area contributed by atoms with E-state index < -0.39 is 0 Å². The van der Waals surface area contributed by atoms with Crippen molar-refractivity contribution in [1.82, 2.24) is 19.7 Å². The van der Waals surface area contributed by atoms with Crippen LogP contribution < -0.4 is 4.74 Å². The molecule has 0 saturated carbocycles. The molecule has 1 aromatic carbocycles. The number of hydrogen-bond acceptors (Lipinski definition) is 5. The zero-order valence-electron chi connectivity index (χ0n) is 11.1. The number of imidazole rings is 1. The maximum Gasteiger partial charge on any atom is 0.213 e. The van der Waals surface area contributed by atoms with Crippen LogP contribution in [0.15, 0.2) is 29.1 Å². The first kappa shape index (κ1) is 12.9. The van der Waals surface area contributed by atoms with Crippen molar-refractivity contribution in [2.45, 2.75) is 18.8 Å². The average Bonchev–Trinajstić information content (AvgIpc) is 3.06. The summed E-state index contributed by atoms with van der Waals surface area (Å²) in [6, 6.07) is 5.72. The second-order valence-corrected chi connectivity index (χ2v) is 5.03. The SMILES string of the molecule is COc1ccc2c(c1)nc(C(C)Cl)n2Cc1ncon1. The average molecular weight is 293 g/mol. The van der Waals surface area contributed by atoms with Crippen molar-refractivity contribution in [3.05, 3.63) is 36.2 Å². The molecule has 0 aliphatic heterocycles. The van der Waals surface area contributed by atoms with Crippen LogP contribution in [0.4, 0.5) is 0 Å². The fourth-order valence-corrected chi connectivity index (χ4v) is 2.30. The molecule has 0 N–H and O–H groups in total. The molecular weight excluding hydrogens is 280 g/mol. The van der Waals surface area contributed by atoms with E-state index in [1.54, 1.807) is 7.11 Å². The Morgan fingerprint density at radius 2 is 2.30 bits per heavy atom. The molecule has 0 aliphatic rings. The third-order valence-corrected chi connectivity index (χ3v) is 3.24. The Balaban J connectivity index is 2.14. The maximum atomic E-state index is 6.21. The van der Waals surface area contributed by atoms with Crippen LogP contribution in [0.25, 0.3) is 11.0 Å². The minimum Gasteiger partial charge on any atom is -0.497 e. The number of aromatic nitrogens is 4. The molecule has 0 bridgehead atoms. The summed E-state index contributed by atoms with van der Waals surface area (Å²) in [6.45, 7) is 2.35. The van der Waals surface area contributed by atoms with Gasteiger partial charge in [-0.05, 0) is 19.1 Å². The second-order valence-electron chi connectivity index (χ2n) is 4.37. The largest absolute Gasteiger partial charge is 0.497 e. The Morgan fingerprint density at radius 3 is 2.95 bits per heavy atom. The number of benzene rings is 1. The zero-order valence-corrected chi connectivity index (χ0v) is 11.8. The molecule has 0 radical (unpaired) electrons. The summed E-state index contributed by atoms with van der Waals surface area (Å²) in [5.74, 6) is 2.11. The van der Waals surface area contributed by atoms with E-state index in [1.807, 2.05) is 29.7 Å². The van der Waals surface area contributed by atoms with E-state index >= 15 is 0 Å². The summed E-state index contributed by atoms with van der Waals surface area (Å²) < 4.78 is 12.0. The molecule has 0 amide bonds. The standard InChI is InChI=1S/C13H13ClN4O2/c1-8(14)13-16-10-5-9(19-2)3-4-11(10)18(13)6-12-15-7-20-17-12/h3-5,7-8H,6H2,1-2H3. The number of rotatable bonds is 4. The van der Waals surface area contributed by atoms with Crippen molar-refractivity contribution in [2.24, 2.45) is 0 Å². The molecule has 1 unspecified atom stereocenters. The molecule has 2 heterocycles. The van der Waals surface area contributed by atoms with Gasteiger partial charge in [-0.15, -0.1) is 11.6 Å². The van der Waals surface area contributed by atoms with Gasteiger partial charge in [0.1, 0.15) is 11.6 Å². The number of nitrogens with zero attached hydrogens (tertiary/aromatic N) is 4. The van der Waals surface area contributed by atoms with Crippen LogP contribution in [0, 0.1) is 0 Å². The van der Waals surface area contributed by atoms with Gasteiger partial charge in [0.15, 0.2) is 5.82 Å². The quantitative estimate of drug-likeness (QED) is 0.692. The van der Waals surface area contributed by atoms with Crippen molar-refractivity contribution in [2.75, 3.05) is 7.11 Å². The molecule has 20 heavy (non-hydrogen) atoms. The Bertz CT molecular complexity index is 721. The first-order valence-electron chi connectivity index (χ1n) is 6.12. The van der Waals surface area contributed by atoms with E-state index in [9.17, 15) is 0 Å². The molecule has 104 valence electrons. The van der Waals surface area contributed by atoms with Crippen molar-refractivity contribution in [1.29, 1.82) is 0 Å². The van der Waals surface area contributed by atoms with E-state index in [2.05, 4.69) is 15.1 Å². The lowest BCUT2D eigenvalue weighted by molar-refractivity contribution is 0.408. The van der Waals surface area contributed by atoms with Crippen LogP contribution >= 0.6 is 11.6 Å². The van der Waals surface area contributed by atoms with Crippen LogP contribution in [0.3, 0.4) is 0 Å². The highest BCUT2D eigenvalue weighted by molar-refractivity contribution is 6.20. The van der Waals surface area contributed by atoms with Crippen LogP contribution in [0.1, 0.15) is 23.9 Å². The molecule has 1 atom stereocenters. The number of alkyl halides is 1. The first-order valence-corrected chi connectivity index (χ1v) is 6.56. The predicted octanol–water partition coefficient (Wildman–Crippen LogP) is 2.78. The van der Waals surface area contributed by atoms with Crippen molar-refractivity contribution < 1.29 is 9.26 Å². The Kier molecular flexibility index (Phi) is 3.31. The highest BCUT2D eigenvalue weighted by atomic mass is 35.5. The minimum atomic E-state index is -0.222. The van der Waals surface area contributed by atoms with Gasteiger partial charge in [-0.25, -0.2) is 4.98 Å². The first-order chi connectivity index (χ1) is 9.69. The summed E-state index contributed by atoms with van der Waals surface area (Å²) in [4.78, 5) is 8.60. The molecule has 0 aliphatic carbocycles. The Morgan fingerprint density at radius 1 is 1.45 bits per heavy atom. The van der Waals surface area contributed by atoms with Gasteiger partial charge in [-0.2, -0.15) is 4.98 Å². The Labute approximate surface area is 120 Å². The monoisotopic (exact) mass is 292 g/mol. The summed E-state index contributed by atoms with van der Waals surface area (Å²) >= 11 is 6.21. The molecule has 2 aromatic heterocycles. The lowest BCUT2D eigenvalue weighted by atomic mass is 10.3. The van der Waals surface area contributed by atoms with E-state index in [4.69, 9.17) is 20.9 Å². The fourth-order valence-electron chi connectivity index (χ4n) is 2.13. The minimum absolute atomic E-state index is 0.222. The van der Waals surface area contributed by atoms with E-state index in [1.165, 1.54) is 6.39 Å². The van der Waals surface area contributed by atoms with Crippen LogP contribution in [0.5, 0.6) is 5.75 Å². The molecule has 6 nitrogen and oxygen atoms in total. The van der Waals surface area contributed by atoms with Gasteiger partial charge in [0.2, 0.25) is 6.39 Å². The molecule has 0 spiro atoms. The van der Waals surface area contributed by atoms with Crippen LogP contribution in [-0.2, 0) is 6.54 Å². The summed E-state index contributed by atoms with van der Waals surface area (Å²) in [6.07, 6.45) is 1.31. The number of halogens is 1. The lowest BCUT2D eigenvalue weighted by Gasteiger charge is -2.08. The summed E-state index contributed by atoms with van der Waals surface area (Å²) in [5.41, 5.74) is 1.79. The lowest BCUT2D eigenvalue weighted by Crippen LogP contribution is -2.06. The van der Waals surface area contributed by atoms with Gasteiger partial charge in [0, 0.05) is 6.07 Å². The molecule has 3 rings (SSSR count). The highest BCUT2D eigenvalue weighted by Crippen LogP contribution is 2.27. The van der Waals surface area contributed by atoms with Gasteiger partial charge in [0.05, 0.1) is 30.1 Å². The van der Waals surface area contributed by atoms with Crippen LogP contribution in [-0.4, -0.2) is 26.8 Å². The van der Waals surface area contributed by atoms with Crippen LogP contribution in [0.2, 0.25) is 0 Å². The van der Waals surface area contributed by atoms with Crippen molar-refractivity contribution >= 4 is 22.6 Å². The van der Waals surface area contributed by atoms with Gasteiger partial charge in [0.25, 0.3) is 0 Å². The topological polar surface area (TPSA) is 66.0 Å². The van der Waals surface area contributed by atoms with Gasteiger partial charge in [-0.3, -0.25) is 0 Å². The highest BCUT2D eigenvalue weighted by Gasteiger charge is 2.17. The van der Waals surface area contributed by atoms with E-state index in [0.29, 0.717) is 12.4 Å². The normalized spacial score (nSPS) is 12.8. The number of ether oxygens (including phenoxy) is 1. The molecule has 0 saturated heterocycles. The van der Waals surface area contributed by atoms with Crippen molar-refractivity contribution in [3.63, 3.8) is 0 Å². The maximum absolute atomic E-state index is 6.21. The summed E-state index contributed by atoms with van der Waals surface area (Å²) in [7, 11) is 1.63. The van der Waals surface area contributed by atoms with Gasteiger partial charge in [-0.1, -0.05) is 5.16 Å². The molecule has 7 heteroatoms. The van der Waals surface area contributed by atoms with E-state index in [0.717, 1.165) is 22.6 Å². The van der Waals surface area contributed by atoms with E-state index in [-0.39, 0.29) is 5.38 Å². The molecule has 3 aromatic rings. The second kappa shape index (κ2) is 5.13. The summed E-state index contributed by atoms with van der Waals surface area (Å²) in [5, 5.41) is 3.61. The predicted molar refractivity (Wildman–Crippen MR) is 74.0 cm³/mol. The smallest absolute Gasteiger partial charge is 0.213 e.